The molecule has 0 atom stereocenters. The Bertz CT molecular complexity index is 947. The molecule has 3 rings (SSSR count). The van der Waals surface area contributed by atoms with E-state index in [9.17, 15) is 4.79 Å². The summed E-state index contributed by atoms with van der Waals surface area (Å²) in [5.74, 6) is 0.662. The van der Waals surface area contributed by atoms with Gasteiger partial charge in [-0.2, -0.15) is 5.10 Å². The molecule has 0 saturated carbocycles. The molecule has 1 heterocycles. The fourth-order valence-electron chi connectivity index (χ4n) is 2.45. The lowest BCUT2D eigenvalue weighted by molar-refractivity contribution is -0.120. The molecular weight excluding hydrogens is 334 g/mol. The average Bonchev–Trinajstić information content (AvgIpc) is 3.03. The van der Waals surface area contributed by atoms with Gasteiger partial charge in [-0.05, 0) is 48.4 Å². The van der Waals surface area contributed by atoms with Crippen LogP contribution in [0, 0.1) is 6.92 Å². The highest BCUT2D eigenvalue weighted by Gasteiger charge is 2.07. The standard InChI is InChI=1S/C19H19N3O2S/c1-12-11-25-19(20-12)10-18(23)22-21-13(2)14-4-5-16-9-17(24-3)7-6-15(16)8-14/h4-9,11H,10H2,1-3H3,(H,22,23)/b21-13-. The third-order valence-corrected chi connectivity index (χ3v) is 4.76. The maximum atomic E-state index is 12.0. The minimum absolute atomic E-state index is 0.167. The van der Waals surface area contributed by atoms with E-state index in [2.05, 4.69) is 15.5 Å². The van der Waals surface area contributed by atoms with Crippen LogP contribution in [0.2, 0.25) is 0 Å². The predicted octanol–water partition coefficient (Wildman–Crippen LogP) is 3.70. The Morgan fingerprint density at radius 1 is 1.24 bits per heavy atom. The molecule has 1 N–H and O–H groups in total. The number of rotatable bonds is 5. The Kier molecular flexibility index (Phi) is 5.09. The van der Waals surface area contributed by atoms with Crippen LogP contribution < -0.4 is 10.2 Å². The van der Waals surface area contributed by atoms with E-state index >= 15 is 0 Å². The monoisotopic (exact) mass is 353 g/mol. The summed E-state index contributed by atoms with van der Waals surface area (Å²) < 4.78 is 5.24. The first-order valence-electron chi connectivity index (χ1n) is 7.87. The number of ether oxygens (including phenoxy) is 1. The van der Waals surface area contributed by atoms with E-state index in [1.807, 2.05) is 55.6 Å². The summed E-state index contributed by atoms with van der Waals surface area (Å²) in [6.45, 7) is 3.79. The van der Waals surface area contributed by atoms with Crippen molar-refractivity contribution in [3.8, 4) is 5.75 Å². The van der Waals surface area contributed by atoms with Gasteiger partial charge in [-0.25, -0.2) is 10.4 Å². The summed E-state index contributed by atoms with van der Waals surface area (Å²) in [5, 5.41) is 9.12. The van der Waals surface area contributed by atoms with E-state index in [0.717, 1.165) is 38.5 Å². The van der Waals surface area contributed by atoms with Crippen LogP contribution in [0.15, 0.2) is 46.9 Å². The fourth-order valence-corrected chi connectivity index (χ4v) is 3.22. The molecule has 0 spiro atoms. The van der Waals surface area contributed by atoms with E-state index in [1.165, 1.54) is 11.3 Å². The first kappa shape index (κ1) is 17.1. The van der Waals surface area contributed by atoms with Crippen LogP contribution in [-0.4, -0.2) is 23.7 Å². The molecule has 128 valence electrons. The number of benzene rings is 2. The summed E-state index contributed by atoms with van der Waals surface area (Å²) >= 11 is 1.48. The van der Waals surface area contributed by atoms with Crippen LogP contribution in [-0.2, 0) is 11.2 Å². The van der Waals surface area contributed by atoms with Crippen LogP contribution in [0.3, 0.4) is 0 Å². The first-order chi connectivity index (χ1) is 12.0. The van der Waals surface area contributed by atoms with E-state index in [0.29, 0.717) is 0 Å². The van der Waals surface area contributed by atoms with E-state index < -0.39 is 0 Å². The molecule has 1 aromatic heterocycles. The lowest BCUT2D eigenvalue weighted by atomic mass is 10.0. The van der Waals surface area contributed by atoms with Gasteiger partial charge >= 0.3 is 0 Å². The van der Waals surface area contributed by atoms with Crippen molar-refractivity contribution >= 4 is 33.7 Å². The number of aromatic nitrogens is 1. The van der Waals surface area contributed by atoms with Gasteiger partial charge in [0.2, 0.25) is 5.91 Å². The normalized spacial score (nSPS) is 11.6. The molecule has 0 aliphatic rings. The Morgan fingerprint density at radius 3 is 2.72 bits per heavy atom. The zero-order valence-electron chi connectivity index (χ0n) is 14.4. The summed E-state index contributed by atoms with van der Waals surface area (Å²) in [5.41, 5.74) is 5.24. The van der Waals surface area contributed by atoms with Gasteiger partial charge in [-0.1, -0.05) is 18.2 Å². The van der Waals surface area contributed by atoms with Crippen molar-refractivity contribution in [1.29, 1.82) is 0 Å². The van der Waals surface area contributed by atoms with Crippen LogP contribution in [0.4, 0.5) is 0 Å². The molecule has 0 unspecified atom stereocenters. The van der Waals surface area contributed by atoms with Crippen molar-refractivity contribution in [2.75, 3.05) is 7.11 Å². The van der Waals surface area contributed by atoms with Gasteiger partial charge in [0.25, 0.3) is 0 Å². The molecule has 5 nitrogen and oxygen atoms in total. The number of hydrogen-bond acceptors (Lipinski definition) is 5. The van der Waals surface area contributed by atoms with Gasteiger partial charge in [-0.15, -0.1) is 11.3 Å². The molecule has 6 heteroatoms. The molecule has 2 aromatic carbocycles. The molecule has 3 aromatic rings. The molecule has 0 fully saturated rings. The first-order valence-corrected chi connectivity index (χ1v) is 8.75. The smallest absolute Gasteiger partial charge is 0.246 e. The number of methoxy groups -OCH3 is 1. The van der Waals surface area contributed by atoms with E-state index in [1.54, 1.807) is 7.11 Å². The number of aryl methyl sites for hydroxylation is 1. The third-order valence-electron chi connectivity index (χ3n) is 3.79. The zero-order chi connectivity index (χ0) is 17.8. The van der Waals surface area contributed by atoms with E-state index in [-0.39, 0.29) is 12.3 Å². The van der Waals surface area contributed by atoms with Gasteiger partial charge in [0.15, 0.2) is 0 Å². The highest BCUT2D eigenvalue weighted by Crippen LogP contribution is 2.22. The lowest BCUT2D eigenvalue weighted by Gasteiger charge is -2.06. The van der Waals surface area contributed by atoms with Gasteiger partial charge < -0.3 is 4.74 Å². The third kappa shape index (κ3) is 4.22. The number of hydrogen-bond donors (Lipinski definition) is 1. The Balaban J connectivity index is 1.71. The second-order valence-electron chi connectivity index (χ2n) is 5.72. The highest BCUT2D eigenvalue weighted by atomic mass is 32.1. The molecular formula is C19H19N3O2S. The zero-order valence-corrected chi connectivity index (χ0v) is 15.2. The summed E-state index contributed by atoms with van der Waals surface area (Å²) in [4.78, 5) is 16.3. The van der Waals surface area contributed by atoms with Crippen LogP contribution in [0.5, 0.6) is 5.75 Å². The summed E-state index contributed by atoms with van der Waals surface area (Å²) in [6, 6.07) is 12.0. The second-order valence-corrected chi connectivity index (χ2v) is 6.66. The van der Waals surface area contributed by atoms with Gasteiger partial charge in [0.05, 0.1) is 19.2 Å². The van der Waals surface area contributed by atoms with Crippen molar-refractivity contribution < 1.29 is 9.53 Å². The molecule has 1 amide bonds. The molecule has 25 heavy (non-hydrogen) atoms. The maximum Gasteiger partial charge on any atom is 0.246 e. The lowest BCUT2D eigenvalue weighted by Crippen LogP contribution is -2.21. The van der Waals surface area contributed by atoms with Gasteiger partial charge in [0.1, 0.15) is 10.8 Å². The quantitative estimate of drug-likeness (QED) is 0.562. The van der Waals surface area contributed by atoms with Crippen molar-refractivity contribution in [3.63, 3.8) is 0 Å². The minimum atomic E-state index is -0.167. The number of carbonyl (C=O) groups excluding carboxylic acids is 1. The Morgan fingerprint density at radius 2 is 2.00 bits per heavy atom. The molecule has 0 radical (unpaired) electrons. The van der Waals surface area contributed by atoms with Crippen molar-refractivity contribution in [3.05, 3.63) is 58.0 Å². The largest absolute Gasteiger partial charge is 0.497 e. The fraction of sp³-hybridized carbons (Fsp3) is 0.211. The molecule has 0 bridgehead atoms. The number of nitrogens with one attached hydrogen (secondary N) is 1. The minimum Gasteiger partial charge on any atom is -0.497 e. The average molecular weight is 353 g/mol. The predicted molar refractivity (Wildman–Crippen MR) is 101 cm³/mol. The number of amides is 1. The van der Waals surface area contributed by atoms with Crippen LogP contribution in [0.1, 0.15) is 23.2 Å². The van der Waals surface area contributed by atoms with Crippen LogP contribution in [0.25, 0.3) is 10.8 Å². The summed E-state index contributed by atoms with van der Waals surface area (Å²) in [7, 11) is 1.65. The Labute approximate surface area is 150 Å². The molecule has 0 aliphatic carbocycles. The van der Waals surface area contributed by atoms with E-state index in [4.69, 9.17) is 4.74 Å². The van der Waals surface area contributed by atoms with Crippen LogP contribution >= 0.6 is 11.3 Å². The van der Waals surface area contributed by atoms with Gasteiger partial charge in [0, 0.05) is 11.1 Å². The van der Waals surface area contributed by atoms with Crippen molar-refractivity contribution in [2.45, 2.75) is 20.3 Å². The van der Waals surface area contributed by atoms with Crippen molar-refractivity contribution in [1.82, 2.24) is 10.4 Å². The maximum absolute atomic E-state index is 12.0. The topological polar surface area (TPSA) is 63.6 Å². The summed E-state index contributed by atoms with van der Waals surface area (Å²) in [6.07, 6.45) is 0.243. The molecule has 0 aliphatic heterocycles. The number of nitrogens with zero attached hydrogens (tertiary/aromatic N) is 2. The highest BCUT2D eigenvalue weighted by molar-refractivity contribution is 7.09. The number of thiazole rings is 1. The number of hydrazone groups is 1. The number of fused-ring (bicyclic) bond motifs is 1. The number of carbonyl (C=O) groups is 1. The molecule has 0 saturated heterocycles. The SMILES string of the molecule is COc1ccc2cc(/C(C)=N\NC(=O)Cc3nc(C)cs3)ccc2c1. The van der Waals surface area contributed by atoms with Gasteiger partial charge in [-0.3, -0.25) is 4.79 Å². The second kappa shape index (κ2) is 7.44. The Hall–Kier alpha value is -2.73. The van der Waals surface area contributed by atoms with Crippen molar-refractivity contribution in [2.24, 2.45) is 5.10 Å².